The number of phenols is 1. The van der Waals surface area contributed by atoms with Crippen molar-refractivity contribution in [3.05, 3.63) is 53.6 Å². The van der Waals surface area contributed by atoms with Crippen molar-refractivity contribution in [2.24, 2.45) is 0 Å². The Balaban J connectivity index is 1.45. The Morgan fingerprint density at radius 3 is 2.33 bits per heavy atom. The van der Waals surface area contributed by atoms with Gasteiger partial charge in [0.1, 0.15) is 5.75 Å². The number of carbonyl (C=O) groups excluding carboxylic acids is 2. The molecule has 2 saturated heterocycles. The van der Waals surface area contributed by atoms with E-state index >= 15 is 0 Å². The van der Waals surface area contributed by atoms with E-state index in [0.29, 0.717) is 10.7 Å². The van der Waals surface area contributed by atoms with E-state index in [9.17, 15) is 14.7 Å². The SMILES string of the molecule is O=C1C[C@@H]([NH+]2CCN(c3ccc(O)cc3)CC2)C(=O)N1c1ccccc1Cl. The number of nitrogens with zero attached hydrogens (tertiary/aromatic N) is 2. The summed E-state index contributed by atoms with van der Waals surface area (Å²) in [5, 5.41) is 9.84. The number of quaternary nitrogens is 1. The normalized spacial score (nSPS) is 21.1. The zero-order valence-corrected chi connectivity index (χ0v) is 15.5. The minimum absolute atomic E-state index is 0.166. The Morgan fingerprint density at radius 2 is 1.67 bits per heavy atom. The Kier molecular flexibility index (Phi) is 4.76. The summed E-state index contributed by atoms with van der Waals surface area (Å²) in [6, 6.07) is 13.7. The molecule has 0 spiro atoms. The first-order valence-electron chi connectivity index (χ1n) is 9.04. The molecule has 0 aliphatic carbocycles. The molecule has 0 saturated carbocycles. The van der Waals surface area contributed by atoms with Gasteiger partial charge in [0.25, 0.3) is 5.91 Å². The number of para-hydroxylation sites is 1. The maximum Gasteiger partial charge on any atom is 0.292 e. The van der Waals surface area contributed by atoms with Crippen LogP contribution in [-0.4, -0.2) is 49.1 Å². The fourth-order valence-corrected chi connectivity index (χ4v) is 4.12. The molecule has 0 aromatic heterocycles. The molecule has 6 nitrogen and oxygen atoms in total. The van der Waals surface area contributed by atoms with Crippen molar-refractivity contribution in [2.45, 2.75) is 12.5 Å². The quantitative estimate of drug-likeness (QED) is 0.775. The molecule has 2 aliphatic heterocycles. The molecule has 2 aromatic rings. The second-order valence-electron chi connectivity index (χ2n) is 6.94. The number of imide groups is 1. The summed E-state index contributed by atoms with van der Waals surface area (Å²) < 4.78 is 0. The molecule has 2 aliphatic rings. The summed E-state index contributed by atoms with van der Waals surface area (Å²) in [7, 11) is 0. The van der Waals surface area contributed by atoms with Crippen molar-refractivity contribution >= 4 is 34.8 Å². The van der Waals surface area contributed by atoms with Crippen LogP contribution in [0.5, 0.6) is 5.75 Å². The topological polar surface area (TPSA) is 65.3 Å². The molecule has 4 rings (SSSR count). The summed E-state index contributed by atoms with van der Waals surface area (Å²) >= 11 is 6.19. The van der Waals surface area contributed by atoms with Crippen LogP contribution in [0.15, 0.2) is 48.5 Å². The number of hydrogen-bond donors (Lipinski definition) is 2. The molecule has 0 bridgehead atoms. The van der Waals surface area contributed by atoms with Crippen molar-refractivity contribution in [1.29, 1.82) is 0 Å². The van der Waals surface area contributed by atoms with Gasteiger partial charge >= 0.3 is 0 Å². The van der Waals surface area contributed by atoms with E-state index in [0.717, 1.165) is 36.8 Å². The van der Waals surface area contributed by atoms with Gasteiger partial charge in [-0.05, 0) is 36.4 Å². The lowest BCUT2D eigenvalue weighted by Crippen LogP contribution is -3.19. The van der Waals surface area contributed by atoms with Crippen LogP contribution in [0.3, 0.4) is 0 Å². The van der Waals surface area contributed by atoms with E-state index in [-0.39, 0.29) is 30.0 Å². The highest BCUT2D eigenvalue weighted by Gasteiger charge is 2.46. The molecular weight excluding hydrogens is 366 g/mol. The van der Waals surface area contributed by atoms with Gasteiger partial charge in [0, 0.05) is 5.69 Å². The second kappa shape index (κ2) is 7.21. The number of piperazine rings is 1. The van der Waals surface area contributed by atoms with Crippen LogP contribution in [0.25, 0.3) is 0 Å². The molecule has 27 heavy (non-hydrogen) atoms. The van der Waals surface area contributed by atoms with Gasteiger partial charge in [-0.1, -0.05) is 23.7 Å². The van der Waals surface area contributed by atoms with Gasteiger partial charge in [0.15, 0.2) is 6.04 Å². The smallest absolute Gasteiger partial charge is 0.292 e. The number of amides is 2. The van der Waals surface area contributed by atoms with Crippen molar-refractivity contribution in [2.75, 3.05) is 36.0 Å². The number of benzene rings is 2. The Labute approximate surface area is 162 Å². The standard InChI is InChI=1S/C20H20ClN3O3/c21-16-3-1-2-4-17(16)24-19(26)13-18(20(24)27)23-11-9-22(10-12-23)14-5-7-15(25)8-6-14/h1-8,18,25H,9-13H2/p+1/t18-/m1/s1. The fraction of sp³-hybridized carbons (Fsp3) is 0.300. The highest BCUT2D eigenvalue weighted by molar-refractivity contribution is 6.36. The predicted molar refractivity (Wildman–Crippen MR) is 103 cm³/mol. The zero-order valence-electron chi connectivity index (χ0n) is 14.8. The molecule has 7 heteroatoms. The van der Waals surface area contributed by atoms with Gasteiger partial charge in [0.2, 0.25) is 5.91 Å². The van der Waals surface area contributed by atoms with Crippen molar-refractivity contribution in [1.82, 2.24) is 0 Å². The van der Waals surface area contributed by atoms with E-state index in [1.165, 1.54) is 4.90 Å². The minimum Gasteiger partial charge on any atom is -0.508 e. The van der Waals surface area contributed by atoms with Crippen LogP contribution in [0, 0.1) is 0 Å². The monoisotopic (exact) mass is 386 g/mol. The largest absolute Gasteiger partial charge is 0.508 e. The number of carbonyl (C=O) groups is 2. The molecule has 2 fully saturated rings. The Hall–Kier alpha value is -2.57. The first kappa shape index (κ1) is 17.8. The highest BCUT2D eigenvalue weighted by atomic mass is 35.5. The van der Waals surface area contributed by atoms with Gasteiger partial charge in [-0.15, -0.1) is 0 Å². The lowest BCUT2D eigenvalue weighted by atomic mass is 10.1. The van der Waals surface area contributed by atoms with Crippen molar-refractivity contribution in [3.8, 4) is 5.75 Å². The highest BCUT2D eigenvalue weighted by Crippen LogP contribution is 2.29. The number of aromatic hydroxyl groups is 1. The molecule has 0 radical (unpaired) electrons. The third kappa shape index (κ3) is 3.38. The Morgan fingerprint density at radius 1 is 1.00 bits per heavy atom. The minimum atomic E-state index is -0.351. The number of phenolic OH excluding ortho intramolecular Hbond substituents is 1. The number of halogens is 1. The average molecular weight is 387 g/mol. The molecular formula is C20H21ClN3O3+. The van der Waals surface area contributed by atoms with Gasteiger partial charge in [-0.25, -0.2) is 4.90 Å². The number of hydrogen-bond acceptors (Lipinski definition) is 4. The average Bonchev–Trinajstić information content (AvgIpc) is 2.97. The zero-order chi connectivity index (χ0) is 19.0. The summed E-state index contributed by atoms with van der Waals surface area (Å²) in [5.74, 6) is -0.106. The molecule has 0 unspecified atom stereocenters. The number of rotatable bonds is 3. The van der Waals surface area contributed by atoms with E-state index < -0.39 is 0 Å². The van der Waals surface area contributed by atoms with E-state index in [1.54, 1.807) is 36.4 Å². The summed E-state index contributed by atoms with van der Waals surface area (Å²) in [5.41, 5.74) is 1.53. The van der Waals surface area contributed by atoms with Crippen molar-refractivity contribution in [3.63, 3.8) is 0 Å². The molecule has 2 aromatic carbocycles. The van der Waals surface area contributed by atoms with Gasteiger partial charge in [-0.2, -0.15) is 0 Å². The van der Waals surface area contributed by atoms with Gasteiger partial charge < -0.3 is 14.9 Å². The van der Waals surface area contributed by atoms with E-state index in [4.69, 9.17) is 11.6 Å². The maximum absolute atomic E-state index is 12.9. The third-order valence-electron chi connectivity index (χ3n) is 5.35. The van der Waals surface area contributed by atoms with Crippen LogP contribution in [0.1, 0.15) is 6.42 Å². The molecule has 2 amide bonds. The molecule has 140 valence electrons. The molecule has 2 N–H and O–H groups in total. The van der Waals surface area contributed by atoms with Crippen LogP contribution in [0.2, 0.25) is 5.02 Å². The number of nitrogens with one attached hydrogen (secondary N) is 1. The van der Waals surface area contributed by atoms with Crippen LogP contribution >= 0.6 is 11.6 Å². The van der Waals surface area contributed by atoms with E-state index in [1.807, 2.05) is 12.1 Å². The first-order chi connectivity index (χ1) is 13.0. The molecule has 2 heterocycles. The van der Waals surface area contributed by atoms with E-state index in [2.05, 4.69) is 4.90 Å². The summed E-state index contributed by atoms with van der Waals surface area (Å²) in [6.45, 7) is 3.15. The predicted octanol–water partition coefficient (Wildman–Crippen LogP) is 1.08. The van der Waals surface area contributed by atoms with Crippen molar-refractivity contribution < 1.29 is 19.6 Å². The van der Waals surface area contributed by atoms with Crippen LogP contribution in [0.4, 0.5) is 11.4 Å². The second-order valence-corrected chi connectivity index (χ2v) is 7.34. The Bertz CT molecular complexity index is 863. The van der Waals surface area contributed by atoms with Crippen LogP contribution < -0.4 is 14.7 Å². The summed E-state index contributed by atoms with van der Waals surface area (Å²) in [4.78, 5) is 30.1. The van der Waals surface area contributed by atoms with Crippen LogP contribution in [-0.2, 0) is 9.59 Å². The maximum atomic E-state index is 12.9. The van der Waals surface area contributed by atoms with Gasteiger partial charge in [0.05, 0.1) is 43.3 Å². The third-order valence-corrected chi connectivity index (χ3v) is 5.67. The summed E-state index contributed by atoms with van der Waals surface area (Å²) in [6.07, 6.45) is 0.221. The first-order valence-corrected chi connectivity index (χ1v) is 9.42. The molecule has 1 atom stereocenters. The lowest BCUT2D eigenvalue weighted by molar-refractivity contribution is -0.915. The number of anilines is 2. The van der Waals surface area contributed by atoms with Gasteiger partial charge in [-0.3, -0.25) is 9.59 Å². The lowest BCUT2D eigenvalue weighted by Gasteiger charge is -2.35. The fourth-order valence-electron chi connectivity index (χ4n) is 3.90.